The Balaban J connectivity index is 1.83. The summed E-state index contributed by atoms with van der Waals surface area (Å²) in [5.74, 6) is -0.490. The molecule has 1 atom stereocenters. The van der Waals surface area contributed by atoms with Crippen molar-refractivity contribution >= 4 is 34.5 Å². The zero-order valence-electron chi connectivity index (χ0n) is 11.2. The first-order valence-electron chi connectivity index (χ1n) is 6.93. The molecule has 2 heterocycles. The zero-order chi connectivity index (χ0) is 14.4. The lowest BCUT2D eigenvalue weighted by Crippen LogP contribution is -2.51. The third kappa shape index (κ3) is 1.81. The van der Waals surface area contributed by atoms with Gasteiger partial charge in [0.1, 0.15) is 6.04 Å². The Bertz CT molecular complexity index is 792. The molecule has 0 aromatic heterocycles. The fourth-order valence-corrected chi connectivity index (χ4v) is 3.00. The maximum absolute atomic E-state index is 12.1. The summed E-state index contributed by atoms with van der Waals surface area (Å²) in [6.07, 6.45) is 2.61. The predicted molar refractivity (Wildman–Crippen MR) is 80.2 cm³/mol. The standard InChI is InChI=1S/C16H13N3O2/c20-14-8-7-13(16(21)18-14)19-12-6-2-4-10-3-1-5-11(9-17-19)15(10)12/h1-6,9,13H,7-8H2,(H,18,20,21). The van der Waals surface area contributed by atoms with Gasteiger partial charge >= 0.3 is 0 Å². The molecule has 5 heteroatoms. The van der Waals surface area contributed by atoms with Crippen molar-refractivity contribution in [3.8, 4) is 0 Å². The van der Waals surface area contributed by atoms with E-state index in [1.807, 2.05) is 36.4 Å². The van der Waals surface area contributed by atoms with Crippen molar-refractivity contribution in [2.45, 2.75) is 18.9 Å². The molecular formula is C16H13N3O2. The molecule has 21 heavy (non-hydrogen) atoms. The lowest BCUT2D eigenvalue weighted by atomic mass is 9.99. The van der Waals surface area contributed by atoms with Crippen molar-refractivity contribution in [1.82, 2.24) is 5.32 Å². The van der Waals surface area contributed by atoms with Crippen molar-refractivity contribution in [1.29, 1.82) is 0 Å². The molecule has 2 aromatic rings. The van der Waals surface area contributed by atoms with Gasteiger partial charge in [-0.1, -0.05) is 30.3 Å². The lowest BCUT2D eigenvalue weighted by Gasteiger charge is -2.33. The van der Waals surface area contributed by atoms with E-state index in [4.69, 9.17) is 0 Å². The highest BCUT2D eigenvalue weighted by molar-refractivity contribution is 6.10. The van der Waals surface area contributed by atoms with Crippen LogP contribution in [-0.4, -0.2) is 24.1 Å². The fraction of sp³-hybridized carbons (Fsp3) is 0.188. The molecule has 0 saturated carbocycles. The zero-order valence-corrected chi connectivity index (χ0v) is 11.2. The Hall–Kier alpha value is -2.69. The summed E-state index contributed by atoms with van der Waals surface area (Å²) < 4.78 is 0. The molecule has 1 N–H and O–H groups in total. The van der Waals surface area contributed by atoms with Crippen LogP contribution in [0, 0.1) is 0 Å². The number of hydrogen-bond acceptors (Lipinski definition) is 4. The van der Waals surface area contributed by atoms with Gasteiger partial charge in [0.25, 0.3) is 5.91 Å². The minimum absolute atomic E-state index is 0.212. The van der Waals surface area contributed by atoms with E-state index in [1.165, 1.54) is 0 Å². The molecule has 2 aliphatic rings. The fourth-order valence-electron chi connectivity index (χ4n) is 3.00. The van der Waals surface area contributed by atoms with Crippen molar-refractivity contribution < 1.29 is 9.59 Å². The van der Waals surface area contributed by atoms with Crippen LogP contribution in [0.3, 0.4) is 0 Å². The number of piperidine rings is 1. The number of nitrogens with zero attached hydrogens (tertiary/aromatic N) is 2. The van der Waals surface area contributed by atoms with Gasteiger partial charge in [0.2, 0.25) is 5.91 Å². The highest BCUT2D eigenvalue weighted by atomic mass is 16.2. The van der Waals surface area contributed by atoms with E-state index in [0.717, 1.165) is 22.0 Å². The maximum Gasteiger partial charge on any atom is 0.251 e. The highest BCUT2D eigenvalue weighted by Gasteiger charge is 2.33. The topological polar surface area (TPSA) is 61.8 Å². The summed E-state index contributed by atoms with van der Waals surface area (Å²) >= 11 is 0. The molecule has 104 valence electrons. The number of anilines is 1. The van der Waals surface area contributed by atoms with Gasteiger partial charge in [-0.15, -0.1) is 0 Å². The van der Waals surface area contributed by atoms with E-state index in [-0.39, 0.29) is 11.8 Å². The number of carbonyl (C=O) groups is 2. The van der Waals surface area contributed by atoms with Crippen molar-refractivity contribution in [3.05, 3.63) is 42.0 Å². The number of amides is 2. The van der Waals surface area contributed by atoms with Gasteiger partial charge in [0.05, 0.1) is 11.9 Å². The van der Waals surface area contributed by atoms with Crippen molar-refractivity contribution in [2.75, 3.05) is 5.01 Å². The Morgan fingerprint density at radius 1 is 1.14 bits per heavy atom. The maximum atomic E-state index is 12.1. The molecule has 1 fully saturated rings. The van der Waals surface area contributed by atoms with Crippen LogP contribution in [-0.2, 0) is 9.59 Å². The van der Waals surface area contributed by atoms with E-state index in [2.05, 4.69) is 10.4 Å². The highest BCUT2D eigenvalue weighted by Crippen LogP contribution is 2.34. The minimum Gasteiger partial charge on any atom is -0.295 e. The molecule has 4 rings (SSSR count). The third-order valence-electron chi connectivity index (χ3n) is 3.99. The largest absolute Gasteiger partial charge is 0.295 e. The summed E-state index contributed by atoms with van der Waals surface area (Å²) in [5, 5.41) is 10.8. The van der Waals surface area contributed by atoms with Gasteiger partial charge in [-0.05, 0) is 17.9 Å². The molecule has 0 bridgehead atoms. The van der Waals surface area contributed by atoms with Crippen LogP contribution < -0.4 is 10.3 Å². The van der Waals surface area contributed by atoms with Gasteiger partial charge in [0.15, 0.2) is 0 Å². The normalized spacial score (nSPS) is 20.8. The monoisotopic (exact) mass is 279 g/mol. The Morgan fingerprint density at radius 3 is 2.76 bits per heavy atom. The lowest BCUT2D eigenvalue weighted by molar-refractivity contribution is -0.134. The summed E-state index contributed by atoms with van der Waals surface area (Å²) in [6, 6.07) is 11.6. The van der Waals surface area contributed by atoms with Crippen LogP contribution >= 0.6 is 0 Å². The SMILES string of the molecule is O=C1CCC(N2N=Cc3cccc4cccc2c34)C(=O)N1. The molecule has 0 aliphatic carbocycles. The predicted octanol–water partition coefficient (Wildman–Crippen LogP) is 1.80. The quantitative estimate of drug-likeness (QED) is 0.810. The Morgan fingerprint density at radius 2 is 1.95 bits per heavy atom. The van der Waals surface area contributed by atoms with Crippen molar-refractivity contribution in [3.63, 3.8) is 0 Å². The van der Waals surface area contributed by atoms with E-state index in [9.17, 15) is 9.59 Å². The van der Waals surface area contributed by atoms with Crippen LogP contribution in [0.15, 0.2) is 41.5 Å². The number of hydrogen-bond donors (Lipinski definition) is 1. The summed E-state index contributed by atoms with van der Waals surface area (Å²) in [5.41, 5.74) is 1.96. The third-order valence-corrected chi connectivity index (χ3v) is 3.99. The summed E-state index contributed by atoms with van der Waals surface area (Å²) in [7, 11) is 0. The number of hydrazone groups is 1. The van der Waals surface area contributed by atoms with E-state index >= 15 is 0 Å². The smallest absolute Gasteiger partial charge is 0.251 e. The first-order valence-corrected chi connectivity index (χ1v) is 6.93. The second-order valence-electron chi connectivity index (χ2n) is 5.28. The van der Waals surface area contributed by atoms with Gasteiger partial charge in [0, 0.05) is 17.4 Å². The van der Waals surface area contributed by atoms with Crippen LogP contribution in [0.25, 0.3) is 10.8 Å². The van der Waals surface area contributed by atoms with Gasteiger partial charge in [-0.25, -0.2) is 0 Å². The first kappa shape index (κ1) is 12.1. The van der Waals surface area contributed by atoms with Gasteiger partial charge < -0.3 is 0 Å². The van der Waals surface area contributed by atoms with Crippen LogP contribution in [0.5, 0.6) is 0 Å². The number of imide groups is 1. The van der Waals surface area contributed by atoms with Crippen LogP contribution in [0.4, 0.5) is 5.69 Å². The Labute approximate surface area is 121 Å². The van der Waals surface area contributed by atoms with Gasteiger partial charge in [-0.3, -0.25) is 19.9 Å². The number of benzene rings is 2. The molecule has 1 saturated heterocycles. The molecule has 0 spiro atoms. The van der Waals surface area contributed by atoms with Crippen LogP contribution in [0.1, 0.15) is 18.4 Å². The molecule has 2 aromatic carbocycles. The summed E-state index contributed by atoms with van der Waals surface area (Å²) in [6.45, 7) is 0. The molecule has 5 nitrogen and oxygen atoms in total. The molecule has 2 aliphatic heterocycles. The molecule has 0 radical (unpaired) electrons. The minimum atomic E-state index is -0.432. The molecular weight excluding hydrogens is 266 g/mol. The van der Waals surface area contributed by atoms with E-state index in [1.54, 1.807) is 11.2 Å². The average Bonchev–Trinajstić information content (AvgIpc) is 2.49. The molecule has 2 amide bonds. The number of rotatable bonds is 1. The van der Waals surface area contributed by atoms with E-state index < -0.39 is 6.04 Å². The van der Waals surface area contributed by atoms with Crippen molar-refractivity contribution in [2.24, 2.45) is 5.10 Å². The van der Waals surface area contributed by atoms with E-state index in [0.29, 0.717) is 12.8 Å². The second-order valence-corrected chi connectivity index (χ2v) is 5.28. The molecule has 1 unspecified atom stereocenters. The summed E-state index contributed by atoms with van der Waals surface area (Å²) in [4.78, 5) is 23.4. The second kappa shape index (κ2) is 4.41. The Kier molecular flexibility index (Phi) is 2.54. The van der Waals surface area contributed by atoms with Crippen LogP contribution in [0.2, 0.25) is 0 Å². The number of nitrogens with one attached hydrogen (secondary N) is 1. The number of carbonyl (C=O) groups excluding carboxylic acids is 2. The average molecular weight is 279 g/mol. The first-order chi connectivity index (χ1) is 10.2. The van der Waals surface area contributed by atoms with Gasteiger partial charge in [-0.2, -0.15) is 5.10 Å².